The Labute approximate surface area is 112 Å². The smallest absolute Gasteiger partial charge is 0.124 e. The first-order valence-corrected chi connectivity index (χ1v) is 6.69. The lowest BCUT2D eigenvalue weighted by Crippen LogP contribution is -2.33. The lowest BCUT2D eigenvalue weighted by atomic mass is 10.0. The maximum Gasteiger partial charge on any atom is 0.124 e. The molecule has 1 nitrogen and oxygen atoms in total. The van der Waals surface area contributed by atoms with Crippen molar-refractivity contribution in [2.24, 2.45) is 5.92 Å². The highest BCUT2D eigenvalue weighted by Crippen LogP contribution is 2.18. The van der Waals surface area contributed by atoms with E-state index >= 15 is 0 Å². The van der Waals surface area contributed by atoms with E-state index < -0.39 is 0 Å². The quantitative estimate of drug-likeness (QED) is 0.768. The summed E-state index contributed by atoms with van der Waals surface area (Å²) < 4.78 is 12.9. The van der Waals surface area contributed by atoms with Gasteiger partial charge in [0.05, 0.1) is 0 Å². The van der Waals surface area contributed by atoms with Crippen molar-refractivity contribution in [1.82, 2.24) is 5.32 Å². The van der Waals surface area contributed by atoms with Crippen molar-refractivity contribution in [3.05, 3.63) is 34.6 Å². The molecule has 0 aliphatic rings. The fourth-order valence-electron chi connectivity index (χ4n) is 1.69. The fraction of sp³-hybridized carbons (Fsp3) is 0.538. The molecule has 0 saturated carbocycles. The molecule has 0 saturated heterocycles. The molecule has 4 heteroatoms. The van der Waals surface area contributed by atoms with Crippen LogP contribution in [0.2, 0.25) is 5.02 Å². The van der Waals surface area contributed by atoms with Gasteiger partial charge in [-0.3, -0.25) is 0 Å². The van der Waals surface area contributed by atoms with Crippen LogP contribution >= 0.6 is 23.2 Å². The van der Waals surface area contributed by atoms with Gasteiger partial charge in [0.15, 0.2) is 0 Å². The van der Waals surface area contributed by atoms with E-state index in [9.17, 15) is 4.39 Å². The molecule has 1 atom stereocenters. The Balaban J connectivity index is 2.59. The van der Waals surface area contributed by atoms with Gasteiger partial charge in [0.25, 0.3) is 0 Å². The van der Waals surface area contributed by atoms with Gasteiger partial charge in [0.1, 0.15) is 5.82 Å². The average Bonchev–Trinajstić information content (AvgIpc) is 2.25. The van der Waals surface area contributed by atoms with Crippen LogP contribution in [-0.2, 0) is 6.54 Å². The number of hydrogen-bond acceptors (Lipinski definition) is 1. The van der Waals surface area contributed by atoms with Crippen LogP contribution in [0, 0.1) is 11.7 Å². The van der Waals surface area contributed by atoms with Gasteiger partial charge in [-0.2, -0.15) is 0 Å². The highest BCUT2D eigenvalue weighted by Gasteiger charge is 2.12. The molecule has 1 N–H and O–H groups in total. The lowest BCUT2D eigenvalue weighted by molar-refractivity contribution is 0.389. The van der Waals surface area contributed by atoms with Crippen molar-refractivity contribution in [2.75, 3.05) is 5.88 Å². The van der Waals surface area contributed by atoms with E-state index in [1.807, 2.05) is 0 Å². The molecule has 0 spiro atoms. The fourth-order valence-corrected chi connectivity index (χ4v) is 2.16. The maximum absolute atomic E-state index is 12.9. The summed E-state index contributed by atoms with van der Waals surface area (Å²) >= 11 is 11.7. The molecule has 1 aromatic carbocycles. The topological polar surface area (TPSA) is 12.0 Å². The second-order valence-electron chi connectivity index (χ2n) is 4.44. The Morgan fingerprint density at radius 3 is 2.59 bits per heavy atom. The van der Waals surface area contributed by atoms with Gasteiger partial charge < -0.3 is 5.32 Å². The van der Waals surface area contributed by atoms with Gasteiger partial charge in [-0.15, -0.1) is 11.6 Å². The molecule has 0 heterocycles. The third kappa shape index (κ3) is 4.82. The largest absolute Gasteiger partial charge is 0.310 e. The molecule has 1 rings (SSSR count). The average molecular weight is 278 g/mol. The van der Waals surface area contributed by atoms with Crippen LogP contribution in [-0.4, -0.2) is 11.9 Å². The molecule has 0 aromatic heterocycles. The number of benzene rings is 1. The Morgan fingerprint density at radius 1 is 1.35 bits per heavy atom. The molecule has 0 aliphatic heterocycles. The number of nitrogens with one attached hydrogen (secondary N) is 1. The molecule has 0 aliphatic carbocycles. The van der Waals surface area contributed by atoms with E-state index in [0.717, 1.165) is 12.0 Å². The summed E-state index contributed by atoms with van der Waals surface area (Å²) in [6.07, 6.45) is 0.915. The summed E-state index contributed by atoms with van der Waals surface area (Å²) in [5.41, 5.74) is 0.910. The maximum atomic E-state index is 12.9. The van der Waals surface area contributed by atoms with Crippen molar-refractivity contribution in [2.45, 2.75) is 32.9 Å². The molecule has 0 fully saturated rings. The summed E-state index contributed by atoms with van der Waals surface area (Å²) in [5, 5.41) is 3.87. The van der Waals surface area contributed by atoms with Gasteiger partial charge in [0, 0.05) is 23.5 Å². The SMILES string of the molecule is CC(C)C(CCCl)NCc1ccc(F)cc1Cl. The van der Waals surface area contributed by atoms with E-state index in [0.29, 0.717) is 29.4 Å². The Bertz CT molecular complexity index is 355. The second kappa shape index (κ2) is 7.20. The van der Waals surface area contributed by atoms with Gasteiger partial charge in [-0.25, -0.2) is 4.39 Å². The minimum Gasteiger partial charge on any atom is -0.310 e. The summed E-state index contributed by atoms with van der Waals surface area (Å²) in [7, 11) is 0. The van der Waals surface area contributed by atoms with Gasteiger partial charge in [-0.05, 0) is 30.0 Å². The predicted octanol–water partition coefficient (Wildman–Crippen LogP) is 4.22. The van der Waals surface area contributed by atoms with Crippen molar-refractivity contribution in [3.8, 4) is 0 Å². The highest BCUT2D eigenvalue weighted by molar-refractivity contribution is 6.31. The minimum atomic E-state index is -0.306. The molecule has 17 heavy (non-hydrogen) atoms. The first-order valence-electron chi connectivity index (χ1n) is 5.78. The number of hydrogen-bond donors (Lipinski definition) is 1. The lowest BCUT2D eigenvalue weighted by Gasteiger charge is -2.21. The molecule has 1 unspecified atom stereocenters. The summed E-state index contributed by atoms with van der Waals surface area (Å²) in [6.45, 7) is 4.94. The third-order valence-electron chi connectivity index (χ3n) is 2.79. The van der Waals surface area contributed by atoms with E-state index in [1.165, 1.54) is 12.1 Å². The van der Waals surface area contributed by atoms with E-state index in [-0.39, 0.29) is 5.82 Å². The van der Waals surface area contributed by atoms with Crippen LogP contribution in [0.15, 0.2) is 18.2 Å². The standard InChI is InChI=1S/C13H18Cl2FN/c1-9(2)13(5-6-14)17-8-10-3-4-11(16)7-12(10)15/h3-4,7,9,13,17H,5-6,8H2,1-2H3. The Morgan fingerprint density at radius 2 is 2.06 bits per heavy atom. The zero-order valence-electron chi connectivity index (χ0n) is 10.1. The first kappa shape index (κ1) is 14.7. The summed E-state index contributed by atoms with van der Waals surface area (Å²) in [6, 6.07) is 4.83. The van der Waals surface area contributed by atoms with Crippen LogP contribution in [0.4, 0.5) is 4.39 Å². The zero-order valence-corrected chi connectivity index (χ0v) is 11.7. The van der Waals surface area contributed by atoms with E-state index in [1.54, 1.807) is 6.07 Å². The molecule has 96 valence electrons. The van der Waals surface area contributed by atoms with Crippen molar-refractivity contribution >= 4 is 23.2 Å². The van der Waals surface area contributed by atoms with Crippen LogP contribution in [0.3, 0.4) is 0 Å². The highest BCUT2D eigenvalue weighted by atomic mass is 35.5. The van der Waals surface area contributed by atoms with Crippen LogP contribution in [0.25, 0.3) is 0 Å². The van der Waals surface area contributed by atoms with Gasteiger partial charge in [0.2, 0.25) is 0 Å². The molecular weight excluding hydrogens is 260 g/mol. The number of alkyl halides is 1. The minimum absolute atomic E-state index is 0.306. The number of rotatable bonds is 6. The van der Waals surface area contributed by atoms with Crippen LogP contribution in [0.1, 0.15) is 25.8 Å². The molecule has 0 radical (unpaired) electrons. The predicted molar refractivity (Wildman–Crippen MR) is 72.2 cm³/mol. The second-order valence-corrected chi connectivity index (χ2v) is 5.23. The number of halogens is 3. The third-order valence-corrected chi connectivity index (χ3v) is 3.36. The molecule has 0 bridgehead atoms. The Kier molecular flexibility index (Phi) is 6.24. The van der Waals surface area contributed by atoms with Gasteiger partial charge in [-0.1, -0.05) is 31.5 Å². The summed E-state index contributed by atoms with van der Waals surface area (Å²) in [5.74, 6) is 0.834. The van der Waals surface area contributed by atoms with Gasteiger partial charge >= 0.3 is 0 Å². The summed E-state index contributed by atoms with van der Waals surface area (Å²) in [4.78, 5) is 0. The molecular formula is C13H18Cl2FN. The zero-order chi connectivity index (χ0) is 12.8. The van der Waals surface area contributed by atoms with Crippen molar-refractivity contribution in [1.29, 1.82) is 0 Å². The monoisotopic (exact) mass is 277 g/mol. The Hall–Kier alpha value is -0.310. The van der Waals surface area contributed by atoms with Crippen molar-refractivity contribution in [3.63, 3.8) is 0 Å². The molecule has 1 aromatic rings. The van der Waals surface area contributed by atoms with Crippen molar-refractivity contribution < 1.29 is 4.39 Å². The first-order chi connectivity index (χ1) is 8.04. The van der Waals surface area contributed by atoms with Crippen LogP contribution in [0.5, 0.6) is 0 Å². The normalized spacial score (nSPS) is 13.1. The van der Waals surface area contributed by atoms with E-state index in [4.69, 9.17) is 23.2 Å². The van der Waals surface area contributed by atoms with Crippen LogP contribution < -0.4 is 5.32 Å². The molecule has 0 amide bonds. The van der Waals surface area contributed by atoms with E-state index in [2.05, 4.69) is 19.2 Å².